The van der Waals surface area contributed by atoms with E-state index in [9.17, 15) is 9.18 Å². The van der Waals surface area contributed by atoms with Crippen molar-refractivity contribution in [2.24, 2.45) is 0 Å². The van der Waals surface area contributed by atoms with Gasteiger partial charge < -0.3 is 4.74 Å². The zero-order chi connectivity index (χ0) is 11.4. The molecule has 1 aromatic carbocycles. The predicted molar refractivity (Wildman–Crippen MR) is 60.4 cm³/mol. The Hall–Kier alpha value is -0.610. The maximum Gasteiger partial charge on any atom is 0.228 e. The molecule has 2 nitrogen and oxygen atoms in total. The van der Waals surface area contributed by atoms with E-state index in [1.165, 1.54) is 6.07 Å². The van der Waals surface area contributed by atoms with Crippen LogP contribution < -0.4 is 4.74 Å². The first-order valence-electron chi connectivity index (χ1n) is 4.23. The summed E-state index contributed by atoms with van der Waals surface area (Å²) in [4.78, 5) is 11.6. The zero-order valence-corrected chi connectivity index (χ0v) is 10.3. The summed E-state index contributed by atoms with van der Waals surface area (Å²) in [6.45, 7) is 0.657. The van der Waals surface area contributed by atoms with Crippen molar-refractivity contribution in [2.45, 2.75) is 12.3 Å². The Morgan fingerprint density at radius 2 is 2.33 bits per heavy atom. The fourth-order valence-corrected chi connectivity index (χ4v) is 1.62. The van der Waals surface area contributed by atoms with Crippen LogP contribution in [0.25, 0.3) is 0 Å². The molecule has 0 aliphatic carbocycles. The van der Waals surface area contributed by atoms with Crippen molar-refractivity contribution in [3.8, 4) is 5.75 Å². The highest BCUT2D eigenvalue weighted by atomic mass is 79.9. The molecule has 0 saturated carbocycles. The van der Waals surface area contributed by atoms with Gasteiger partial charge in [-0.2, -0.15) is 0 Å². The molecule has 82 valence electrons. The molecule has 1 atom stereocenters. The number of ether oxygens (including phenoxy) is 1. The summed E-state index contributed by atoms with van der Waals surface area (Å²) in [5.41, 5.74) is 0.392. The van der Waals surface area contributed by atoms with Crippen LogP contribution in [0.1, 0.15) is 17.3 Å². The molecule has 0 saturated heterocycles. The highest BCUT2D eigenvalue weighted by Gasteiger charge is 2.16. The molecule has 15 heavy (non-hydrogen) atoms. The second kappa shape index (κ2) is 5.47. The van der Waals surface area contributed by atoms with E-state index in [2.05, 4.69) is 20.7 Å². The summed E-state index contributed by atoms with van der Waals surface area (Å²) in [7, 11) is 0. The number of carbonyl (C=O) groups is 1. The number of alkyl halides is 2. The molecule has 0 aromatic heterocycles. The Bertz CT molecular complexity index is 368. The van der Waals surface area contributed by atoms with Gasteiger partial charge in [0.05, 0.1) is 5.38 Å². The molecule has 0 aliphatic rings. The maximum absolute atomic E-state index is 11.9. The van der Waals surface area contributed by atoms with Gasteiger partial charge in [-0.25, -0.2) is 4.39 Å². The van der Waals surface area contributed by atoms with Crippen LogP contribution in [0.4, 0.5) is 4.39 Å². The number of hydrogen-bond acceptors (Lipinski definition) is 2. The van der Waals surface area contributed by atoms with Crippen LogP contribution in [0.5, 0.6) is 5.75 Å². The summed E-state index contributed by atoms with van der Waals surface area (Å²) in [6, 6.07) is 4.65. The lowest BCUT2D eigenvalue weighted by molar-refractivity contribution is 0.0990. The van der Waals surface area contributed by atoms with Gasteiger partial charge in [-0.3, -0.25) is 4.79 Å². The van der Waals surface area contributed by atoms with Crippen LogP contribution in [0.2, 0.25) is 0 Å². The second-order valence-electron chi connectivity index (χ2n) is 2.88. The van der Waals surface area contributed by atoms with Crippen LogP contribution in [0.15, 0.2) is 22.7 Å². The Morgan fingerprint density at radius 3 is 2.87 bits per heavy atom. The molecule has 5 heteroatoms. The average Bonchev–Trinajstić information content (AvgIpc) is 2.20. The summed E-state index contributed by atoms with van der Waals surface area (Å²) >= 11 is 8.90. The van der Waals surface area contributed by atoms with Gasteiger partial charge in [-0.15, -0.1) is 11.6 Å². The number of carbonyl (C=O) groups excluding carboxylic acids is 1. The second-order valence-corrected chi connectivity index (χ2v) is 4.38. The lowest BCUT2D eigenvalue weighted by Crippen LogP contribution is -2.11. The standard InChI is InChI=1S/C10H9BrClFO2/c1-6(12)10(14)8-4-7(15-5-13)2-3-9(8)11/h2-4,6H,5H2,1H3. The van der Waals surface area contributed by atoms with Crippen LogP contribution in [-0.4, -0.2) is 18.0 Å². The SMILES string of the molecule is CC(Cl)C(=O)c1cc(OCF)ccc1Br. The van der Waals surface area contributed by atoms with Gasteiger partial charge in [0.1, 0.15) is 5.75 Å². The van der Waals surface area contributed by atoms with Crippen LogP contribution in [-0.2, 0) is 0 Å². The molecule has 0 amide bonds. The van der Waals surface area contributed by atoms with Gasteiger partial charge >= 0.3 is 0 Å². The van der Waals surface area contributed by atoms with E-state index >= 15 is 0 Å². The number of halogens is 3. The highest BCUT2D eigenvalue weighted by molar-refractivity contribution is 9.10. The van der Waals surface area contributed by atoms with Crippen LogP contribution in [0, 0.1) is 0 Å². The zero-order valence-electron chi connectivity index (χ0n) is 7.97. The van der Waals surface area contributed by atoms with E-state index in [-0.39, 0.29) is 5.78 Å². The van der Waals surface area contributed by atoms with E-state index in [1.54, 1.807) is 19.1 Å². The Labute approximate surface area is 101 Å². The summed E-state index contributed by atoms with van der Waals surface area (Å²) < 4.78 is 17.2. The summed E-state index contributed by atoms with van der Waals surface area (Å²) in [5, 5.41) is -0.623. The molecule has 1 aromatic rings. The normalized spacial score (nSPS) is 12.3. The third-order valence-corrected chi connectivity index (χ3v) is 2.68. The quantitative estimate of drug-likeness (QED) is 0.627. The maximum atomic E-state index is 11.9. The van der Waals surface area contributed by atoms with E-state index in [4.69, 9.17) is 11.6 Å². The molecule has 0 N–H and O–H groups in total. The van der Waals surface area contributed by atoms with Crippen molar-refractivity contribution in [3.63, 3.8) is 0 Å². The monoisotopic (exact) mass is 294 g/mol. The van der Waals surface area contributed by atoms with Crippen molar-refractivity contribution >= 4 is 33.3 Å². The van der Waals surface area contributed by atoms with Crippen molar-refractivity contribution in [1.29, 1.82) is 0 Å². The van der Waals surface area contributed by atoms with Gasteiger partial charge in [0, 0.05) is 10.0 Å². The summed E-state index contributed by atoms with van der Waals surface area (Å²) in [5.74, 6) is 0.0780. The molecule has 0 heterocycles. The number of Topliss-reactive ketones (excluding diaryl/α,β-unsaturated/α-hetero) is 1. The number of hydrogen-bond donors (Lipinski definition) is 0. The topological polar surface area (TPSA) is 26.3 Å². The van der Waals surface area contributed by atoms with E-state index in [0.717, 1.165) is 0 Å². The molecule has 1 rings (SSSR count). The van der Waals surface area contributed by atoms with Crippen LogP contribution >= 0.6 is 27.5 Å². The molecule has 0 fully saturated rings. The Kier molecular flexibility index (Phi) is 4.54. The van der Waals surface area contributed by atoms with E-state index in [1.807, 2.05) is 0 Å². The van der Waals surface area contributed by atoms with Crippen molar-refractivity contribution < 1.29 is 13.9 Å². The molecular formula is C10H9BrClFO2. The lowest BCUT2D eigenvalue weighted by atomic mass is 10.1. The fourth-order valence-electron chi connectivity index (χ4n) is 1.06. The highest BCUT2D eigenvalue weighted by Crippen LogP contribution is 2.24. The van der Waals surface area contributed by atoms with Gasteiger partial charge in [-0.05, 0) is 25.1 Å². The number of rotatable bonds is 4. The van der Waals surface area contributed by atoms with Gasteiger partial charge in [-0.1, -0.05) is 15.9 Å². The molecule has 0 aliphatic heterocycles. The van der Waals surface area contributed by atoms with Gasteiger partial charge in [0.25, 0.3) is 0 Å². The Morgan fingerprint density at radius 1 is 1.67 bits per heavy atom. The van der Waals surface area contributed by atoms with Gasteiger partial charge in [0.15, 0.2) is 5.78 Å². The van der Waals surface area contributed by atoms with Crippen molar-refractivity contribution in [3.05, 3.63) is 28.2 Å². The largest absolute Gasteiger partial charge is 0.463 e. The Balaban J connectivity index is 3.05. The first-order valence-corrected chi connectivity index (χ1v) is 5.45. The summed E-state index contributed by atoms with van der Waals surface area (Å²) in [6.07, 6.45) is 0. The first kappa shape index (κ1) is 12.5. The van der Waals surface area contributed by atoms with E-state index in [0.29, 0.717) is 15.8 Å². The molecule has 0 bridgehead atoms. The predicted octanol–water partition coefficient (Wildman–Crippen LogP) is 3.56. The van der Waals surface area contributed by atoms with Gasteiger partial charge in [0.2, 0.25) is 6.86 Å². The minimum Gasteiger partial charge on any atom is -0.463 e. The third-order valence-electron chi connectivity index (χ3n) is 1.79. The molecular weight excluding hydrogens is 286 g/mol. The van der Waals surface area contributed by atoms with Crippen LogP contribution in [0.3, 0.4) is 0 Å². The minimum atomic E-state index is -0.925. The molecule has 0 spiro atoms. The van der Waals surface area contributed by atoms with Crippen molar-refractivity contribution in [2.75, 3.05) is 6.86 Å². The minimum absolute atomic E-state index is 0.229. The fraction of sp³-hybridized carbons (Fsp3) is 0.300. The first-order chi connectivity index (χ1) is 7.06. The van der Waals surface area contributed by atoms with Crippen molar-refractivity contribution in [1.82, 2.24) is 0 Å². The smallest absolute Gasteiger partial charge is 0.228 e. The molecule has 0 radical (unpaired) electrons. The average molecular weight is 296 g/mol. The number of ketones is 1. The molecule has 1 unspecified atom stereocenters. The number of benzene rings is 1. The third kappa shape index (κ3) is 3.18. The van der Waals surface area contributed by atoms with E-state index < -0.39 is 12.2 Å². The lowest BCUT2D eigenvalue weighted by Gasteiger charge is -2.07.